The first-order valence-electron chi connectivity index (χ1n) is 7.79. The molecule has 2 aliphatic heterocycles. The number of urea groups is 1. The topological polar surface area (TPSA) is 100 Å². The quantitative estimate of drug-likeness (QED) is 0.772. The van der Waals surface area contributed by atoms with E-state index in [1.165, 1.54) is 4.90 Å². The second kappa shape index (κ2) is 5.59. The monoisotopic (exact) mass is 328 g/mol. The van der Waals surface area contributed by atoms with Gasteiger partial charge in [0.25, 0.3) is 0 Å². The highest BCUT2D eigenvalue weighted by Gasteiger charge is 2.39. The van der Waals surface area contributed by atoms with Gasteiger partial charge in [0.05, 0.1) is 18.1 Å². The van der Waals surface area contributed by atoms with Crippen LogP contribution < -0.4 is 5.32 Å². The van der Waals surface area contributed by atoms with E-state index in [0.717, 1.165) is 11.0 Å². The van der Waals surface area contributed by atoms with E-state index in [1.807, 2.05) is 24.3 Å². The lowest BCUT2D eigenvalue weighted by Gasteiger charge is -2.21. The van der Waals surface area contributed by atoms with Gasteiger partial charge in [0.1, 0.15) is 12.1 Å². The molecule has 4 rings (SSSR count). The summed E-state index contributed by atoms with van der Waals surface area (Å²) >= 11 is 0. The summed E-state index contributed by atoms with van der Waals surface area (Å²) in [7, 11) is 0. The lowest BCUT2D eigenvalue weighted by molar-refractivity contribution is -0.132. The molecule has 0 bridgehead atoms. The van der Waals surface area contributed by atoms with Crippen molar-refractivity contribution in [1.29, 1.82) is 0 Å². The number of carbonyl (C=O) groups is 3. The van der Waals surface area contributed by atoms with Crippen molar-refractivity contribution in [1.82, 2.24) is 30.1 Å². The predicted octanol–water partition coefficient (Wildman–Crippen LogP) is -0.416. The minimum absolute atomic E-state index is 0.0359. The van der Waals surface area contributed by atoms with Crippen molar-refractivity contribution in [2.45, 2.75) is 19.0 Å². The standard InChI is InChI=1S/C15H16N6O3/c22-13-7-16-15(24)21(13)10-5-6-19(8-10)14(23)9-20-12-4-2-1-3-11(12)17-18-20/h1-4,10H,5-9H2,(H,16,24). The number of nitrogens with one attached hydrogen (secondary N) is 1. The molecule has 0 radical (unpaired) electrons. The minimum atomic E-state index is -0.374. The highest BCUT2D eigenvalue weighted by molar-refractivity contribution is 6.02. The number of aromatic nitrogens is 3. The van der Waals surface area contributed by atoms with Crippen LogP contribution in [0, 0.1) is 0 Å². The van der Waals surface area contributed by atoms with E-state index in [4.69, 9.17) is 0 Å². The maximum absolute atomic E-state index is 12.5. The van der Waals surface area contributed by atoms with Gasteiger partial charge < -0.3 is 10.2 Å². The van der Waals surface area contributed by atoms with E-state index in [9.17, 15) is 14.4 Å². The Hall–Kier alpha value is -2.97. The molecular formula is C15H16N6O3. The van der Waals surface area contributed by atoms with Crippen LogP contribution in [0.2, 0.25) is 0 Å². The molecule has 2 aliphatic rings. The van der Waals surface area contributed by atoms with E-state index >= 15 is 0 Å². The SMILES string of the molecule is O=C(Cn1nnc2ccccc21)N1CCC(N2C(=O)CNC2=O)C1. The largest absolute Gasteiger partial charge is 0.339 e. The Morgan fingerprint density at radius 2 is 2.12 bits per heavy atom. The number of benzene rings is 1. The molecule has 1 atom stereocenters. The molecule has 9 nitrogen and oxygen atoms in total. The molecule has 24 heavy (non-hydrogen) atoms. The van der Waals surface area contributed by atoms with Gasteiger partial charge in [-0.1, -0.05) is 17.3 Å². The molecule has 1 aromatic heterocycles. The van der Waals surface area contributed by atoms with Crippen molar-refractivity contribution >= 4 is 28.9 Å². The zero-order chi connectivity index (χ0) is 16.7. The summed E-state index contributed by atoms with van der Waals surface area (Å²) in [5.74, 6) is -0.332. The summed E-state index contributed by atoms with van der Waals surface area (Å²) in [5.41, 5.74) is 1.54. The van der Waals surface area contributed by atoms with Gasteiger partial charge in [-0.2, -0.15) is 0 Å². The van der Waals surface area contributed by atoms with E-state index in [2.05, 4.69) is 15.6 Å². The molecule has 9 heteroatoms. The maximum Gasteiger partial charge on any atom is 0.324 e. The zero-order valence-electron chi connectivity index (χ0n) is 12.9. The van der Waals surface area contributed by atoms with Crippen LogP contribution in [-0.2, 0) is 16.1 Å². The van der Waals surface area contributed by atoms with Crippen LogP contribution in [0.1, 0.15) is 6.42 Å². The first kappa shape index (κ1) is 14.6. The minimum Gasteiger partial charge on any atom is -0.339 e. The number of imide groups is 1. The zero-order valence-corrected chi connectivity index (χ0v) is 12.9. The fraction of sp³-hybridized carbons (Fsp3) is 0.400. The number of para-hydroxylation sites is 1. The summed E-state index contributed by atoms with van der Waals surface area (Å²) in [6, 6.07) is 6.82. The summed E-state index contributed by atoms with van der Waals surface area (Å²) in [6.07, 6.45) is 0.600. The Kier molecular flexibility index (Phi) is 3.40. The van der Waals surface area contributed by atoms with Crippen molar-refractivity contribution in [2.75, 3.05) is 19.6 Å². The van der Waals surface area contributed by atoms with Crippen LogP contribution >= 0.6 is 0 Å². The lowest BCUT2D eigenvalue weighted by atomic mass is 10.2. The van der Waals surface area contributed by atoms with Gasteiger partial charge >= 0.3 is 6.03 Å². The van der Waals surface area contributed by atoms with Gasteiger partial charge in [-0.05, 0) is 18.6 Å². The third-order valence-electron chi connectivity index (χ3n) is 4.46. The molecule has 1 N–H and O–H groups in total. The molecule has 0 spiro atoms. The summed E-state index contributed by atoms with van der Waals surface area (Å²) in [4.78, 5) is 38.9. The first-order chi connectivity index (χ1) is 11.6. The average Bonchev–Trinajstić information content (AvgIpc) is 3.28. The van der Waals surface area contributed by atoms with Gasteiger partial charge in [-0.3, -0.25) is 14.5 Å². The van der Waals surface area contributed by atoms with Crippen LogP contribution in [0.25, 0.3) is 11.0 Å². The van der Waals surface area contributed by atoms with Crippen molar-refractivity contribution in [2.24, 2.45) is 0 Å². The maximum atomic E-state index is 12.5. The molecule has 1 aromatic carbocycles. The Morgan fingerprint density at radius 3 is 2.92 bits per heavy atom. The number of rotatable bonds is 3. The van der Waals surface area contributed by atoms with Gasteiger partial charge in [-0.25, -0.2) is 9.48 Å². The number of nitrogens with zero attached hydrogens (tertiary/aromatic N) is 5. The first-order valence-corrected chi connectivity index (χ1v) is 7.79. The molecule has 1 unspecified atom stereocenters. The second-order valence-corrected chi connectivity index (χ2v) is 5.94. The fourth-order valence-corrected chi connectivity index (χ4v) is 3.25. The summed E-state index contributed by atoms with van der Waals surface area (Å²) in [6.45, 7) is 1.01. The smallest absolute Gasteiger partial charge is 0.324 e. The Labute approximate surface area is 137 Å². The number of carbonyl (C=O) groups excluding carboxylic acids is 3. The molecular weight excluding hydrogens is 312 g/mol. The molecule has 124 valence electrons. The number of hydrogen-bond acceptors (Lipinski definition) is 5. The van der Waals surface area contributed by atoms with E-state index < -0.39 is 0 Å². The average molecular weight is 328 g/mol. The highest BCUT2D eigenvalue weighted by atomic mass is 16.2. The van der Waals surface area contributed by atoms with Gasteiger partial charge in [0, 0.05) is 13.1 Å². The number of hydrogen-bond donors (Lipinski definition) is 1. The Bertz CT molecular complexity index is 815. The predicted molar refractivity (Wildman–Crippen MR) is 82.8 cm³/mol. The van der Waals surface area contributed by atoms with E-state index in [1.54, 1.807) is 9.58 Å². The third-order valence-corrected chi connectivity index (χ3v) is 4.46. The van der Waals surface area contributed by atoms with Crippen LogP contribution in [0.15, 0.2) is 24.3 Å². The van der Waals surface area contributed by atoms with Crippen molar-refractivity contribution in [3.63, 3.8) is 0 Å². The summed E-state index contributed by atoms with van der Waals surface area (Å²) < 4.78 is 1.57. The number of fused-ring (bicyclic) bond motifs is 1. The van der Waals surface area contributed by atoms with Crippen molar-refractivity contribution in [3.05, 3.63) is 24.3 Å². The van der Waals surface area contributed by atoms with Crippen molar-refractivity contribution < 1.29 is 14.4 Å². The van der Waals surface area contributed by atoms with Crippen molar-refractivity contribution in [3.8, 4) is 0 Å². The Morgan fingerprint density at radius 1 is 1.29 bits per heavy atom. The van der Waals surface area contributed by atoms with E-state index in [-0.39, 0.29) is 37.0 Å². The number of likely N-dealkylation sites (tertiary alicyclic amines) is 1. The molecule has 0 saturated carbocycles. The van der Waals surface area contributed by atoms with Crippen LogP contribution in [0.3, 0.4) is 0 Å². The van der Waals surface area contributed by atoms with Crippen LogP contribution in [0.5, 0.6) is 0 Å². The van der Waals surface area contributed by atoms with Crippen LogP contribution in [0.4, 0.5) is 4.79 Å². The summed E-state index contributed by atoms with van der Waals surface area (Å²) in [5, 5.41) is 10.6. The second-order valence-electron chi connectivity index (χ2n) is 5.94. The molecule has 2 aromatic rings. The lowest BCUT2D eigenvalue weighted by Crippen LogP contribution is -2.43. The number of amides is 4. The molecule has 4 amide bonds. The highest BCUT2D eigenvalue weighted by Crippen LogP contribution is 2.19. The molecule has 2 saturated heterocycles. The van der Waals surface area contributed by atoms with Gasteiger partial charge in [-0.15, -0.1) is 5.10 Å². The van der Waals surface area contributed by atoms with Gasteiger partial charge in [0.15, 0.2) is 0 Å². The molecule has 0 aliphatic carbocycles. The van der Waals surface area contributed by atoms with Crippen LogP contribution in [-0.4, -0.2) is 68.3 Å². The molecule has 2 fully saturated rings. The van der Waals surface area contributed by atoms with Gasteiger partial charge in [0.2, 0.25) is 11.8 Å². The van der Waals surface area contributed by atoms with E-state index in [0.29, 0.717) is 19.5 Å². The normalized spacial score (nSPS) is 20.9. The fourth-order valence-electron chi connectivity index (χ4n) is 3.25. The molecule has 3 heterocycles. The third kappa shape index (κ3) is 2.38. The Balaban J connectivity index is 1.44.